The van der Waals surface area contributed by atoms with Gasteiger partial charge in [-0.1, -0.05) is 49.4 Å². The Bertz CT molecular complexity index is 1820. The molecule has 0 saturated carbocycles. The van der Waals surface area contributed by atoms with Crippen molar-refractivity contribution in [1.82, 2.24) is 25.8 Å². The van der Waals surface area contributed by atoms with E-state index >= 15 is 0 Å². The van der Waals surface area contributed by atoms with Gasteiger partial charge in [-0.05, 0) is 42.2 Å². The first-order chi connectivity index (χ1) is 25.2. The second-order valence-corrected chi connectivity index (χ2v) is 11.5. The van der Waals surface area contributed by atoms with Crippen molar-refractivity contribution in [2.45, 2.75) is 13.3 Å². The molecule has 0 aliphatic rings. The Morgan fingerprint density at radius 2 is 1.46 bits per heavy atom. The standard InChI is InChI=1S/C36H43BN6O9/c1-2-17-43(35(47)25-8-4-3-5-9-25)18-14-38-34(46)32(44)29-24-41-31-28(29)12-7-13-30(31)42-36(48)40-16-20-52-22-21-51-19-15-39-33(45)26-10-6-11-27(23-26)37(49)50/h3-13,23-24,41,49-50H,2,14-22H2,1H3,(H,38,46)(H,39,45)(H2,40,42,48). The van der Waals surface area contributed by atoms with Crippen molar-refractivity contribution in [3.05, 3.63) is 95.7 Å². The fourth-order valence-corrected chi connectivity index (χ4v) is 5.21. The van der Waals surface area contributed by atoms with E-state index in [1.54, 1.807) is 59.5 Å². The summed E-state index contributed by atoms with van der Waals surface area (Å²) in [6, 6.07) is 19.4. The van der Waals surface area contributed by atoms with Crippen molar-refractivity contribution in [3.63, 3.8) is 0 Å². The predicted molar refractivity (Wildman–Crippen MR) is 196 cm³/mol. The molecule has 0 saturated heterocycles. The highest BCUT2D eigenvalue weighted by atomic mass is 16.5. The van der Waals surface area contributed by atoms with E-state index in [0.717, 1.165) is 6.42 Å². The van der Waals surface area contributed by atoms with Crippen molar-refractivity contribution in [2.24, 2.45) is 0 Å². The summed E-state index contributed by atoms with van der Waals surface area (Å²) in [5, 5.41) is 29.7. The average molecular weight is 715 g/mol. The van der Waals surface area contributed by atoms with Crippen LogP contribution in [0.5, 0.6) is 0 Å². The van der Waals surface area contributed by atoms with E-state index < -0.39 is 24.8 Å². The highest BCUT2D eigenvalue weighted by Crippen LogP contribution is 2.26. The number of benzene rings is 3. The number of hydrogen-bond acceptors (Lipinski definition) is 9. The summed E-state index contributed by atoms with van der Waals surface area (Å²) < 4.78 is 10.9. The fraction of sp³-hybridized carbons (Fsp3) is 0.306. The van der Waals surface area contributed by atoms with Crippen LogP contribution in [0.4, 0.5) is 10.5 Å². The van der Waals surface area contributed by atoms with Gasteiger partial charge >= 0.3 is 13.1 Å². The van der Waals surface area contributed by atoms with Gasteiger partial charge < -0.3 is 50.7 Å². The molecule has 0 fully saturated rings. The average Bonchev–Trinajstić information content (AvgIpc) is 3.60. The van der Waals surface area contributed by atoms with Gasteiger partial charge in [0.25, 0.3) is 23.5 Å². The van der Waals surface area contributed by atoms with Gasteiger partial charge in [-0.2, -0.15) is 0 Å². The van der Waals surface area contributed by atoms with Crippen LogP contribution >= 0.6 is 0 Å². The molecule has 0 atom stereocenters. The third-order valence-corrected chi connectivity index (χ3v) is 7.77. The smallest absolute Gasteiger partial charge is 0.423 e. The van der Waals surface area contributed by atoms with Crippen LogP contribution in [0.3, 0.4) is 0 Å². The summed E-state index contributed by atoms with van der Waals surface area (Å²) in [6.07, 6.45) is 2.16. The molecule has 16 heteroatoms. The fourth-order valence-electron chi connectivity index (χ4n) is 5.21. The number of ketones is 1. The molecule has 0 unspecified atom stereocenters. The molecule has 0 aliphatic carbocycles. The number of rotatable bonds is 20. The lowest BCUT2D eigenvalue weighted by Crippen LogP contribution is -2.40. The quantitative estimate of drug-likeness (QED) is 0.0304. The number of nitrogens with one attached hydrogen (secondary N) is 5. The Balaban J connectivity index is 1.13. The largest absolute Gasteiger partial charge is 0.488 e. The second-order valence-electron chi connectivity index (χ2n) is 11.5. The predicted octanol–water partition coefficient (Wildman–Crippen LogP) is 1.28. The Morgan fingerprint density at radius 3 is 2.17 bits per heavy atom. The molecule has 4 rings (SSSR count). The van der Waals surface area contributed by atoms with Gasteiger partial charge in [-0.15, -0.1) is 0 Å². The van der Waals surface area contributed by atoms with E-state index in [1.165, 1.54) is 18.3 Å². The zero-order valence-electron chi connectivity index (χ0n) is 28.9. The molecule has 274 valence electrons. The number of H-pyrrole nitrogens is 1. The molecule has 52 heavy (non-hydrogen) atoms. The van der Waals surface area contributed by atoms with Gasteiger partial charge in [0.1, 0.15) is 0 Å². The van der Waals surface area contributed by atoms with Gasteiger partial charge in [0.2, 0.25) is 0 Å². The van der Waals surface area contributed by atoms with Crippen LogP contribution in [0, 0.1) is 0 Å². The number of urea groups is 1. The molecule has 0 bridgehead atoms. The molecule has 3 aromatic carbocycles. The van der Waals surface area contributed by atoms with Crippen LogP contribution in [0.25, 0.3) is 10.9 Å². The summed E-state index contributed by atoms with van der Waals surface area (Å²) in [5.41, 5.74) is 2.10. The SMILES string of the molecule is CCCN(CCNC(=O)C(=O)c1c[nH]c2c(NC(=O)NCCOCCOCCNC(=O)c3cccc(B(O)O)c3)cccc12)C(=O)c1ccccc1. The van der Waals surface area contributed by atoms with E-state index in [1.807, 2.05) is 13.0 Å². The molecule has 7 N–H and O–H groups in total. The summed E-state index contributed by atoms with van der Waals surface area (Å²) in [6.45, 7) is 4.27. The zero-order chi connectivity index (χ0) is 37.3. The lowest BCUT2D eigenvalue weighted by atomic mass is 9.79. The Morgan fingerprint density at radius 1 is 0.769 bits per heavy atom. The topological polar surface area (TPSA) is 211 Å². The molecule has 15 nitrogen and oxygen atoms in total. The number of hydrogen-bond donors (Lipinski definition) is 7. The number of Topliss-reactive ketones (excluding diaryl/α,β-unsaturated/α-hetero) is 1. The monoisotopic (exact) mass is 714 g/mol. The number of carbonyl (C=O) groups is 5. The van der Waals surface area contributed by atoms with E-state index in [4.69, 9.17) is 9.47 Å². The summed E-state index contributed by atoms with van der Waals surface area (Å²) in [5.74, 6) is -2.07. The van der Waals surface area contributed by atoms with E-state index in [9.17, 15) is 34.0 Å². The number of anilines is 1. The first kappa shape index (κ1) is 39.2. The maximum Gasteiger partial charge on any atom is 0.488 e. The third kappa shape index (κ3) is 11.5. The Labute approximate surface area is 301 Å². The van der Waals surface area contributed by atoms with Crippen LogP contribution in [-0.2, 0) is 14.3 Å². The minimum Gasteiger partial charge on any atom is -0.423 e. The highest BCUT2D eigenvalue weighted by molar-refractivity contribution is 6.58. The van der Waals surface area contributed by atoms with E-state index in [0.29, 0.717) is 34.3 Å². The lowest BCUT2D eigenvalue weighted by molar-refractivity contribution is -0.117. The highest BCUT2D eigenvalue weighted by Gasteiger charge is 2.22. The molecule has 1 heterocycles. The Hall–Kier alpha value is -5.55. The summed E-state index contributed by atoms with van der Waals surface area (Å²) in [7, 11) is -1.66. The van der Waals surface area contributed by atoms with Crippen molar-refractivity contribution in [1.29, 1.82) is 0 Å². The molecule has 0 aliphatic heterocycles. The van der Waals surface area contributed by atoms with Crippen molar-refractivity contribution < 1.29 is 43.5 Å². The third-order valence-electron chi connectivity index (χ3n) is 7.77. The van der Waals surface area contributed by atoms with Gasteiger partial charge in [0.05, 0.1) is 43.2 Å². The first-order valence-electron chi connectivity index (χ1n) is 16.9. The van der Waals surface area contributed by atoms with Crippen molar-refractivity contribution >= 4 is 58.7 Å². The van der Waals surface area contributed by atoms with Crippen molar-refractivity contribution in [2.75, 3.05) is 64.5 Å². The molecule has 1 aromatic heterocycles. The number of para-hydroxylation sites is 1. The van der Waals surface area contributed by atoms with Crippen molar-refractivity contribution in [3.8, 4) is 0 Å². The van der Waals surface area contributed by atoms with Gasteiger partial charge in [-0.3, -0.25) is 19.2 Å². The minimum atomic E-state index is -1.66. The number of fused-ring (bicyclic) bond motifs is 1. The van der Waals surface area contributed by atoms with Crippen LogP contribution in [0.1, 0.15) is 44.4 Å². The van der Waals surface area contributed by atoms with Crippen LogP contribution in [-0.4, -0.2) is 116 Å². The molecular weight excluding hydrogens is 671 g/mol. The number of nitrogens with zero attached hydrogens (tertiary/aromatic N) is 1. The maximum atomic E-state index is 13.1. The summed E-state index contributed by atoms with van der Waals surface area (Å²) in [4.78, 5) is 68.1. The maximum absolute atomic E-state index is 13.1. The van der Waals surface area contributed by atoms with Crippen LogP contribution in [0.2, 0.25) is 0 Å². The van der Waals surface area contributed by atoms with Crippen LogP contribution in [0.15, 0.2) is 79.0 Å². The zero-order valence-corrected chi connectivity index (χ0v) is 28.9. The van der Waals surface area contributed by atoms with E-state index in [2.05, 4.69) is 26.3 Å². The number of aromatic nitrogens is 1. The minimum absolute atomic E-state index is 0.103. The molecular formula is C36H43BN6O9. The van der Waals surface area contributed by atoms with Gasteiger partial charge in [0.15, 0.2) is 0 Å². The van der Waals surface area contributed by atoms with Gasteiger partial charge in [-0.25, -0.2) is 4.79 Å². The van der Waals surface area contributed by atoms with E-state index in [-0.39, 0.29) is 75.4 Å². The number of carbonyl (C=O) groups excluding carboxylic acids is 5. The molecule has 0 spiro atoms. The lowest BCUT2D eigenvalue weighted by Gasteiger charge is -2.22. The molecule has 0 radical (unpaired) electrons. The second kappa shape index (κ2) is 20.3. The van der Waals surface area contributed by atoms with Gasteiger partial charge in [0, 0.05) is 55.4 Å². The number of amides is 5. The number of aromatic amines is 1. The van der Waals surface area contributed by atoms with Crippen LogP contribution < -0.4 is 26.7 Å². The first-order valence-corrected chi connectivity index (χ1v) is 16.9. The molecule has 5 amide bonds. The molecule has 4 aromatic rings. The normalized spacial score (nSPS) is 10.8. The Kier molecular flexibility index (Phi) is 15.4. The number of ether oxygens (including phenoxy) is 2. The summed E-state index contributed by atoms with van der Waals surface area (Å²) >= 11 is 0.